The van der Waals surface area contributed by atoms with E-state index in [1.807, 2.05) is 18.7 Å². The lowest BCUT2D eigenvalue weighted by molar-refractivity contribution is -0.117. The third kappa shape index (κ3) is 4.25. The van der Waals surface area contributed by atoms with Gasteiger partial charge in [-0.15, -0.1) is 9.94 Å². The highest BCUT2D eigenvalue weighted by Crippen LogP contribution is 2.33. The summed E-state index contributed by atoms with van der Waals surface area (Å²) in [5.41, 5.74) is 3.14. The Morgan fingerprint density at radius 2 is 2.09 bits per heavy atom. The van der Waals surface area contributed by atoms with Crippen LogP contribution in [0.15, 0.2) is 24.4 Å². The first-order valence-electron chi connectivity index (χ1n) is 11.5. The number of hydrogen-bond acceptors (Lipinski definition) is 8. The molecule has 0 bridgehead atoms. The zero-order chi connectivity index (χ0) is 23.8. The monoisotopic (exact) mass is 466 g/mol. The van der Waals surface area contributed by atoms with Gasteiger partial charge in [0.25, 0.3) is 0 Å². The van der Waals surface area contributed by atoms with E-state index in [4.69, 9.17) is 9.97 Å². The number of carbonyl (C=O) groups is 1. The van der Waals surface area contributed by atoms with Gasteiger partial charge in [0.1, 0.15) is 11.9 Å². The van der Waals surface area contributed by atoms with Crippen molar-refractivity contribution < 1.29 is 14.4 Å². The van der Waals surface area contributed by atoms with Gasteiger partial charge in [-0.05, 0) is 50.2 Å². The van der Waals surface area contributed by atoms with Gasteiger partial charge in [0.2, 0.25) is 17.8 Å². The Labute approximate surface area is 196 Å². The van der Waals surface area contributed by atoms with Crippen molar-refractivity contribution in [2.24, 2.45) is 0 Å². The number of fused-ring (bicyclic) bond motifs is 1. The van der Waals surface area contributed by atoms with Crippen molar-refractivity contribution >= 4 is 29.2 Å². The fourth-order valence-corrected chi connectivity index (χ4v) is 4.57. The fourth-order valence-electron chi connectivity index (χ4n) is 4.57. The summed E-state index contributed by atoms with van der Waals surface area (Å²) in [4.78, 5) is 29.0. The molecule has 34 heavy (non-hydrogen) atoms. The first-order valence-corrected chi connectivity index (χ1v) is 11.5. The van der Waals surface area contributed by atoms with Crippen LogP contribution in [0.4, 0.5) is 27.7 Å². The van der Waals surface area contributed by atoms with Gasteiger partial charge in [-0.25, -0.2) is 9.97 Å². The number of amides is 1. The van der Waals surface area contributed by atoms with Crippen molar-refractivity contribution in [3.05, 3.63) is 47.3 Å². The number of pyridine rings is 1. The van der Waals surface area contributed by atoms with Crippen LogP contribution in [0.1, 0.15) is 56.0 Å². The molecule has 3 N–H and O–H groups in total. The second-order valence-corrected chi connectivity index (χ2v) is 8.98. The van der Waals surface area contributed by atoms with E-state index in [1.165, 1.54) is 18.3 Å². The maximum Gasteiger partial charge on any atom is 0.247 e. The van der Waals surface area contributed by atoms with Crippen molar-refractivity contribution in [3.8, 4) is 0 Å². The molecule has 1 fully saturated rings. The predicted octanol–water partition coefficient (Wildman–Crippen LogP) is 3.41. The van der Waals surface area contributed by atoms with Gasteiger partial charge in [-0.1, -0.05) is 13.8 Å². The Morgan fingerprint density at radius 3 is 2.82 bits per heavy atom. The molecule has 3 aromatic heterocycles. The quantitative estimate of drug-likeness (QED) is 0.373. The number of aryl methyl sites for hydroxylation is 1. The van der Waals surface area contributed by atoms with Gasteiger partial charge in [0, 0.05) is 18.2 Å². The molecule has 10 nitrogen and oxygen atoms in total. The molecule has 1 saturated heterocycles. The molecule has 4 heterocycles. The number of nitrogens with zero attached hydrogens (tertiary/aromatic N) is 6. The van der Waals surface area contributed by atoms with Crippen LogP contribution in [0.25, 0.3) is 0 Å². The average molecular weight is 467 g/mol. The predicted molar refractivity (Wildman–Crippen MR) is 124 cm³/mol. The van der Waals surface area contributed by atoms with Crippen molar-refractivity contribution in [2.45, 2.75) is 57.9 Å². The summed E-state index contributed by atoms with van der Waals surface area (Å²) in [5, 5.41) is 20.3. The van der Waals surface area contributed by atoms with E-state index in [2.05, 4.69) is 20.7 Å². The maximum atomic E-state index is 13.1. The SMILES string of the molecule is CC(C)c1cc(Nc2nc(N3CCC[C@H]3C(=O)Nc3ccc(F)nc3)nc3c2CCC3)nn1O. The Morgan fingerprint density at radius 1 is 1.24 bits per heavy atom. The third-order valence-electron chi connectivity index (χ3n) is 6.28. The van der Waals surface area contributed by atoms with E-state index in [1.54, 1.807) is 6.07 Å². The molecule has 0 unspecified atom stereocenters. The average Bonchev–Trinajstić information content (AvgIpc) is 3.54. The van der Waals surface area contributed by atoms with Gasteiger partial charge >= 0.3 is 0 Å². The van der Waals surface area contributed by atoms with E-state index in [0.717, 1.165) is 41.8 Å². The molecule has 178 valence electrons. The lowest BCUT2D eigenvalue weighted by Gasteiger charge is -2.25. The first kappa shape index (κ1) is 22.1. The molecular weight excluding hydrogens is 439 g/mol. The van der Waals surface area contributed by atoms with Gasteiger partial charge in [-0.2, -0.15) is 9.37 Å². The van der Waals surface area contributed by atoms with E-state index in [0.29, 0.717) is 41.9 Å². The molecule has 1 aliphatic carbocycles. The fraction of sp³-hybridized carbons (Fsp3) is 0.435. The normalized spacial score (nSPS) is 17.3. The molecule has 0 aromatic carbocycles. The molecule has 11 heteroatoms. The Hall–Kier alpha value is -3.76. The molecule has 1 amide bonds. The minimum absolute atomic E-state index is 0.111. The number of nitrogens with one attached hydrogen (secondary N) is 2. The minimum atomic E-state index is -0.599. The molecule has 0 spiro atoms. The molecule has 0 radical (unpaired) electrons. The second-order valence-electron chi connectivity index (χ2n) is 8.98. The van der Waals surface area contributed by atoms with Crippen LogP contribution >= 0.6 is 0 Å². The molecule has 0 saturated carbocycles. The Kier molecular flexibility index (Phi) is 5.76. The molecule has 5 rings (SSSR count). The summed E-state index contributed by atoms with van der Waals surface area (Å²) < 4.78 is 13.1. The van der Waals surface area contributed by atoms with E-state index in [9.17, 15) is 14.4 Å². The summed E-state index contributed by atoms with van der Waals surface area (Å²) in [6.45, 7) is 4.61. The number of aromatic nitrogens is 5. The van der Waals surface area contributed by atoms with Crippen LogP contribution < -0.4 is 15.5 Å². The molecular formula is C23H27FN8O2. The van der Waals surface area contributed by atoms with Crippen LogP contribution in [0.3, 0.4) is 0 Å². The van der Waals surface area contributed by atoms with Crippen LogP contribution in [0, 0.1) is 5.95 Å². The lowest BCUT2D eigenvalue weighted by atomic mass is 10.1. The van der Waals surface area contributed by atoms with Crippen LogP contribution in [0.2, 0.25) is 0 Å². The summed E-state index contributed by atoms with van der Waals surface area (Å²) >= 11 is 0. The molecule has 1 atom stereocenters. The van der Waals surface area contributed by atoms with E-state index >= 15 is 0 Å². The molecule has 1 aliphatic heterocycles. The highest BCUT2D eigenvalue weighted by molar-refractivity contribution is 5.96. The maximum absolute atomic E-state index is 13.1. The van der Waals surface area contributed by atoms with E-state index < -0.39 is 12.0 Å². The van der Waals surface area contributed by atoms with Crippen molar-refractivity contribution in [1.82, 2.24) is 24.9 Å². The number of hydrogen-bond donors (Lipinski definition) is 3. The third-order valence-corrected chi connectivity index (χ3v) is 6.28. The van der Waals surface area contributed by atoms with Gasteiger partial charge < -0.3 is 20.7 Å². The number of halogens is 1. The highest BCUT2D eigenvalue weighted by Gasteiger charge is 2.34. The summed E-state index contributed by atoms with van der Waals surface area (Å²) in [7, 11) is 0. The zero-order valence-electron chi connectivity index (χ0n) is 19.1. The van der Waals surface area contributed by atoms with Gasteiger partial charge in [0.05, 0.1) is 23.3 Å². The number of rotatable bonds is 6. The summed E-state index contributed by atoms with van der Waals surface area (Å²) in [6.07, 6.45) is 5.47. The van der Waals surface area contributed by atoms with Crippen LogP contribution in [-0.2, 0) is 17.6 Å². The smallest absolute Gasteiger partial charge is 0.247 e. The van der Waals surface area contributed by atoms with Crippen LogP contribution in [-0.4, -0.2) is 48.6 Å². The highest BCUT2D eigenvalue weighted by atomic mass is 19.1. The minimum Gasteiger partial charge on any atom is -0.411 e. The van der Waals surface area contributed by atoms with E-state index in [-0.39, 0.29) is 11.8 Å². The Balaban J connectivity index is 1.41. The zero-order valence-corrected chi connectivity index (χ0v) is 19.1. The summed E-state index contributed by atoms with van der Waals surface area (Å²) in [6, 6.07) is 4.05. The number of carbonyl (C=O) groups excluding carboxylic acids is 1. The molecule has 2 aliphatic rings. The van der Waals surface area contributed by atoms with Gasteiger partial charge in [-0.3, -0.25) is 4.79 Å². The van der Waals surface area contributed by atoms with Crippen molar-refractivity contribution in [2.75, 3.05) is 22.1 Å². The van der Waals surface area contributed by atoms with Gasteiger partial charge in [0.15, 0.2) is 5.82 Å². The Bertz CT molecular complexity index is 1210. The standard InChI is InChI=1S/C23H27FN8O2/c1-13(2)18-11-20(30-32(18)34)28-21-15-5-3-6-16(15)27-23(29-21)31-10-4-7-17(31)22(33)26-14-8-9-19(24)25-12-14/h8-9,11-13,17,34H,3-7,10H2,1-2H3,(H,26,33)(H,27,28,29,30)/t17-/m0/s1. The molecule has 3 aromatic rings. The van der Waals surface area contributed by atoms with Crippen molar-refractivity contribution in [3.63, 3.8) is 0 Å². The van der Waals surface area contributed by atoms with Crippen molar-refractivity contribution in [1.29, 1.82) is 0 Å². The van der Waals surface area contributed by atoms with Crippen LogP contribution in [0.5, 0.6) is 0 Å². The topological polar surface area (TPSA) is 121 Å². The number of anilines is 4. The largest absolute Gasteiger partial charge is 0.411 e. The second kappa shape index (κ2) is 8.88. The first-order chi connectivity index (χ1) is 16.4. The lowest BCUT2D eigenvalue weighted by Crippen LogP contribution is -2.40. The summed E-state index contributed by atoms with van der Waals surface area (Å²) in [5.74, 6) is 0.957.